The lowest BCUT2D eigenvalue weighted by Crippen LogP contribution is -1.82. The van der Waals surface area contributed by atoms with Crippen LogP contribution in [-0.4, -0.2) is 18.4 Å². The molecule has 17 heavy (non-hydrogen) atoms. The molecular formula is C14H11NO2. The third-order valence-corrected chi connectivity index (χ3v) is 2.98. The summed E-state index contributed by atoms with van der Waals surface area (Å²) in [6, 6.07) is 11.5. The molecule has 3 nitrogen and oxygen atoms in total. The third kappa shape index (κ3) is 1.40. The van der Waals surface area contributed by atoms with Crippen LogP contribution in [0.15, 0.2) is 36.4 Å². The predicted molar refractivity (Wildman–Crippen MR) is 67.7 cm³/mol. The average Bonchev–Trinajstić information content (AvgIpc) is 2.76. The van der Waals surface area contributed by atoms with Gasteiger partial charge in [-0.3, -0.25) is 4.79 Å². The maximum atomic E-state index is 10.8. The van der Waals surface area contributed by atoms with Crippen molar-refractivity contribution in [1.29, 1.82) is 0 Å². The molecule has 3 rings (SSSR count). The van der Waals surface area contributed by atoms with E-state index >= 15 is 0 Å². The Bertz CT molecular complexity index is 713. The first-order valence-electron chi connectivity index (χ1n) is 5.37. The number of aromatic nitrogens is 1. The molecule has 0 radical (unpaired) electrons. The minimum atomic E-state index is 0.682. The van der Waals surface area contributed by atoms with Crippen LogP contribution in [0.5, 0.6) is 5.75 Å². The van der Waals surface area contributed by atoms with Gasteiger partial charge in [0.05, 0.1) is 12.6 Å². The van der Waals surface area contributed by atoms with Gasteiger partial charge in [-0.1, -0.05) is 12.1 Å². The highest BCUT2D eigenvalue weighted by molar-refractivity contribution is 6.10. The molecule has 0 amide bonds. The van der Waals surface area contributed by atoms with Gasteiger partial charge in [-0.25, -0.2) is 0 Å². The molecule has 1 N–H and O–H groups in total. The summed E-state index contributed by atoms with van der Waals surface area (Å²) in [6.07, 6.45) is 0.860. The summed E-state index contributed by atoms with van der Waals surface area (Å²) < 4.78 is 5.31. The number of carbonyl (C=O) groups excluding carboxylic acids is 1. The van der Waals surface area contributed by atoms with Gasteiger partial charge >= 0.3 is 0 Å². The zero-order valence-corrected chi connectivity index (χ0v) is 9.36. The smallest absolute Gasteiger partial charge is 0.150 e. The molecule has 0 aliphatic rings. The van der Waals surface area contributed by atoms with Crippen LogP contribution in [0.3, 0.4) is 0 Å². The Hall–Kier alpha value is -2.29. The predicted octanol–water partition coefficient (Wildman–Crippen LogP) is 3.14. The van der Waals surface area contributed by atoms with E-state index in [4.69, 9.17) is 4.74 Å². The van der Waals surface area contributed by atoms with Crippen molar-refractivity contribution in [3.63, 3.8) is 0 Å². The molecule has 0 spiro atoms. The monoisotopic (exact) mass is 225 g/mol. The summed E-state index contributed by atoms with van der Waals surface area (Å²) in [5.74, 6) is 0.811. The first kappa shape index (κ1) is 9.90. The number of ether oxygens (including phenoxy) is 1. The number of carbonyl (C=O) groups is 1. The van der Waals surface area contributed by atoms with E-state index < -0.39 is 0 Å². The second kappa shape index (κ2) is 3.63. The topological polar surface area (TPSA) is 42.1 Å². The van der Waals surface area contributed by atoms with Crippen LogP contribution in [0.2, 0.25) is 0 Å². The van der Waals surface area contributed by atoms with Gasteiger partial charge in [-0.15, -0.1) is 0 Å². The van der Waals surface area contributed by atoms with E-state index in [1.54, 1.807) is 13.2 Å². The summed E-state index contributed by atoms with van der Waals surface area (Å²) in [5, 5.41) is 2.12. The molecule has 0 aliphatic carbocycles. The van der Waals surface area contributed by atoms with Gasteiger partial charge in [0.25, 0.3) is 0 Å². The van der Waals surface area contributed by atoms with E-state index in [2.05, 4.69) is 4.98 Å². The second-order valence-corrected chi connectivity index (χ2v) is 3.93. The molecule has 1 heterocycles. The van der Waals surface area contributed by atoms with Crippen LogP contribution in [-0.2, 0) is 0 Å². The molecule has 0 bridgehead atoms. The van der Waals surface area contributed by atoms with Gasteiger partial charge in [0.1, 0.15) is 12.0 Å². The minimum Gasteiger partial charge on any atom is -0.495 e. The summed E-state index contributed by atoms with van der Waals surface area (Å²) in [6.45, 7) is 0. The van der Waals surface area contributed by atoms with Crippen LogP contribution in [0.25, 0.3) is 21.8 Å². The van der Waals surface area contributed by atoms with Crippen LogP contribution < -0.4 is 4.74 Å². The fourth-order valence-electron chi connectivity index (χ4n) is 2.16. The van der Waals surface area contributed by atoms with Crippen LogP contribution in [0.4, 0.5) is 0 Å². The Morgan fingerprint density at radius 2 is 2.06 bits per heavy atom. The van der Waals surface area contributed by atoms with Crippen LogP contribution in [0.1, 0.15) is 10.4 Å². The van der Waals surface area contributed by atoms with Gasteiger partial charge in [0.15, 0.2) is 0 Å². The SMILES string of the molecule is COc1cccc2c1[nH]c1ccc(C=O)cc12. The van der Waals surface area contributed by atoms with Gasteiger partial charge < -0.3 is 9.72 Å². The quantitative estimate of drug-likeness (QED) is 0.681. The molecule has 0 atom stereocenters. The number of nitrogens with one attached hydrogen (secondary N) is 1. The molecule has 3 heteroatoms. The van der Waals surface area contributed by atoms with Crippen molar-refractivity contribution in [2.45, 2.75) is 0 Å². The third-order valence-electron chi connectivity index (χ3n) is 2.98. The molecule has 0 fully saturated rings. The number of rotatable bonds is 2. The minimum absolute atomic E-state index is 0.682. The molecule has 84 valence electrons. The molecular weight excluding hydrogens is 214 g/mol. The fourth-order valence-corrected chi connectivity index (χ4v) is 2.16. The maximum absolute atomic E-state index is 10.8. The molecule has 0 unspecified atom stereocenters. The van der Waals surface area contributed by atoms with Crippen molar-refractivity contribution >= 4 is 28.1 Å². The standard InChI is InChI=1S/C14H11NO2/c1-17-13-4-2-3-10-11-7-9(8-16)5-6-12(11)15-14(10)13/h2-8,15H,1H3. The number of aromatic amines is 1. The summed E-state index contributed by atoms with van der Waals surface area (Å²) >= 11 is 0. The highest BCUT2D eigenvalue weighted by Gasteiger charge is 2.08. The zero-order chi connectivity index (χ0) is 11.8. The van der Waals surface area contributed by atoms with Crippen molar-refractivity contribution in [1.82, 2.24) is 4.98 Å². The first-order chi connectivity index (χ1) is 8.33. The summed E-state index contributed by atoms with van der Waals surface area (Å²) in [7, 11) is 1.65. The van der Waals surface area contributed by atoms with Gasteiger partial charge in [-0.2, -0.15) is 0 Å². The summed E-state index contributed by atoms with van der Waals surface area (Å²) in [5.41, 5.74) is 2.66. The summed E-state index contributed by atoms with van der Waals surface area (Å²) in [4.78, 5) is 14.1. The lowest BCUT2D eigenvalue weighted by atomic mass is 10.1. The number of hydrogen-bond donors (Lipinski definition) is 1. The fraction of sp³-hybridized carbons (Fsp3) is 0.0714. The number of methoxy groups -OCH3 is 1. The van der Waals surface area contributed by atoms with E-state index in [0.717, 1.165) is 33.8 Å². The number of benzene rings is 2. The number of aldehydes is 1. The van der Waals surface area contributed by atoms with Crippen molar-refractivity contribution in [2.24, 2.45) is 0 Å². The Balaban J connectivity index is 2.46. The number of para-hydroxylation sites is 1. The van der Waals surface area contributed by atoms with E-state index in [1.807, 2.05) is 30.3 Å². The van der Waals surface area contributed by atoms with Gasteiger partial charge in [0.2, 0.25) is 0 Å². The van der Waals surface area contributed by atoms with Crippen molar-refractivity contribution in [3.8, 4) is 5.75 Å². The molecule has 2 aromatic carbocycles. The number of fused-ring (bicyclic) bond motifs is 3. The average molecular weight is 225 g/mol. The molecule has 3 aromatic rings. The van der Waals surface area contributed by atoms with Crippen LogP contribution in [0, 0.1) is 0 Å². The lowest BCUT2D eigenvalue weighted by Gasteiger charge is -1.99. The number of H-pyrrole nitrogens is 1. The maximum Gasteiger partial charge on any atom is 0.150 e. The van der Waals surface area contributed by atoms with Gasteiger partial charge in [-0.05, 0) is 24.3 Å². The molecule has 0 saturated heterocycles. The highest BCUT2D eigenvalue weighted by Crippen LogP contribution is 2.31. The van der Waals surface area contributed by atoms with Crippen molar-refractivity contribution < 1.29 is 9.53 Å². The highest BCUT2D eigenvalue weighted by atomic mass is 16.5. The Kier molecular flexibility index (Phi) is 2.11. The Morgan fingerprint density at radius 3 is 2.82 bits per heavy atom. The number of hydrogen-bond acceptors (Lipinski definition) is 2. The molecule has 0 saturated carbocycles. The first-order valence-corrected chi connectivity index (χ1v) is 5.37. The van der Waals surface area contributed by atoms with Crippen molar-refractivity contribution in [3.05, 3.63) is 42.0 Å². The second-order valence-electron chi connectivity index (χ2n) is 3.93. The largest absolute Gasteiger partial charge is 0.495 e. The van der Waals surface area contributed by atoms with Crippen molar-refractivity contribution in [2.75, 3.05) is 7.11 Å². The normalized spacial score (nSPS) is 10.9. The van der Waals surface area contributed by atoms with E-state index in [9.17, 15) is 4.79 Å². The van der Waals surface area contributed by atoms with E-state index in [-0.39, 0.29) is 0 Å². The van der Waals surface area contributed by atoms with Gasteiger partial charge in [0, 0.05) is 21.9 Å². The Morgan fingerprint density at radius 1 is 1.18 bits per heavy atom. The van der Waals surface area contributed by atoms with Crippen LogP contribution >= 0.6 is 0 Å². The Labute approximate surface area is 98.0 Å². The molecule has 1 aromatic heterocycles. The van der Waals surface area contributed by atoms with E-state index in [1.165, 1.54) is 0 Å². The lowest BCUT2D eigenvalue weighted by molar-refractivity contribution is 0.112. The zero-order valence-electron chi connectivity index (χ0n) is 9.36. The van der Waals surface area contributed by atoms with E-state index in [0.29, 0.717) is 5.56 Å². The molecule has 0 aliphatic heterocycles.